The molecule has 1 aromatic heterocycles. The largest absolute Gasteiger partial charge is 0.385 e. The minimum atomic E-state index is -0.292. The first-order chi connectivity index (χ1) is 8.91. The Labute approximate surface area is 113 Å². The van der Waals surface area contributed by atoms with Crippen molar-refractivity contribution in [3.8, 4) is 0 Å². The van der Waals surface area contributed by atoms with E-state index in [0.717, 1.165) is 5.69 Å². The summed E-state index contributed by atoms with van der Waals surface area (Å²) in [5.41, 5.74) is 6.86. The van der Waals surface area contributed by atoms with Crippen LogP contribution in [0, 0.1) is 5.92 Å². The van der Waals surface area contributed by atoms with Gasteiger partial charge in [-0.25, -0.2) is 9.78 Å². The molecule has 2 amide bonds. The van der Waals surface area contributed by atoms with E-state index in [1.54, 1.807) is 17.4 Å². The molecule has 1 aromatic rings. The summed E-state index contributed by atoms with van der Waals surface area (Å²) >= 11 is 0. The Hall–Kier alpha value is -1.85. The van der Waals surface area contributed by atoms with E-state index >= 15 is 0 Å². The fraction of sp³-hybridized carbons (Fsp3) is 0.615. The van der Waals surface area contributed by atoms with Crippen LogP contribution in [0.25, 0.3) is 0 Å². The molecule has 0 spiro atoms. The third-order valence-electron chi connectivity index (χ3n) is 3.16. The van der Waals surface area contributed by atoms with Gasteiger partial charge in [-0.3, -0.25) is 0 Å². The molecule has 0 saturated heterocycles. The van der Waals surface area contributed by atoms with Gasteiger partial charge in [0.05, 0.1) is 18.2 Å². The zero-order chi connectivity index (χ0) is 14.2. The molecule has 19 heavy (non-hydrogen) atoms. The van der Waals surface area contributed by atoms with Gasteiger partial charge in [0.2, 0.25) is 0 Å². The lowest BCUT2D eigenvalue weighted by molar-refractivity contribution is 0.196. The molecule has 1 unspecified atom stereocenters. The van der Waals surface area contributed by atoms with Crippen LogP contribution in [0.4, 0.5) is 4.79 Å². The van der Waals surface area contributed by atoms with E-state index in [4.69, 9.17) is 5.73 Å². The molecule has 2 rings (SSSR count). The van der Waals surface area contributed by atoms with Gasteiger partial charge in [-0.2, -0.15) is 4.99 Å². The minimum absolute atomic E-state index is 0.257. The van der Waals surface area contributed by atoms with Crippen LogP contribution in [0.2, 0.25) is 0 Å². The summed E-state index contributed by atoms with van der Waals surface area (Å²) in [6, 6.07) is -0.283. The van der Waals surface area contributed by atoms with E-state index in [1.165, 1.54) is 0 Å². The molecule has 0 saturated carbocycles. The van der Waals surface area contributed by atoms with Crippen LogP contribution < -0.4 is 5.73 Å². The predicted molar refractivity (Wildman–Crippen MR) is 73.9 cm³/mol. The second kappa shape index (κ2) is 5.03. The van der Waals surface area contributed by atoms with Crippen LogP contribution in [-0.4, -0.2) is 32.9 Å². The summed E-state index contributed by atoms with van der Waals surface area (Å²) in [4.78, 5) is 21.7. The number of imidazole rings is 1. The average molecular weight is 263 g/mol. The van der Waals surface area contributed by atoms with Crippen molar-refractivity contribution >= 4 is 11.9 Å². The standard InChI is InChI=1S/C13H21N5O/c1-8(2)6-17-11(12(14)16-13(17)19)10-5-15-7-18(10)9(3)4/h5,7-9,11H,6H2,1-4H3,(H2,14,16,19). The fourth-order valence-corrected chi connectivity index (χ4v) is 2.35. The number of nitrogens with zero attached hydrogens (tertiary/aromatic N) is 4. The molecular weight excluding hydrogens is 242 g/mol. The summed E-state index contributed by atoms with van der Waals surface area (Å²) in [6.45, 7) is 8.91. The van der Waals surface area contributed by atoms with Crippen molar-refractivity contribution in [1.29, 1.82) is 0 Å². The lowest BCUT2D eigenvalue weighted by Crippen LogP contribution is -2.37. The Kier molecular flexibility index (Phi) is 3.59. The highest BCUT2D eigenvalue weighted by Crippen LogP contribution is 2.29. The lowest BCUT2D eigenvalue weighted by Gasteiger charge is -2.27. The Morgan fingerprint density at radius 3 is 2.63 bits per heavy atom. The maximum atomic E-state index is 11.9. The molecule has 1 aliphatic rings. The molecule has 0 aliphatic carbocycles. The van der Waals surface area contributed by atoms with Crippen molar-refractivity contribution in [1.82, 2.24) is 14.5 Å². The van der Waals surface area contributed by atoms with Gasteiger partial charge in [0, 0.05) is 12.6 Å². The number of amides is 2. The maximum Gasteiger partial charge on any atom is 0.346 e. The first-order valence-corrected chi connectivity index (χ1v) is 6.58. The van der Waals surface area contributed by atoms with Gasteiger partial charge < -0.3 is 15.2 Å². The van der Waals surface area contributed by atoms with Gasteiger partial charge in [0.15, 0.2) is 0 Å². The molecule has 0 aromatic carbocycles. The highest BCUT2D eigenvalue weighted by molar-refractivity contribution is 6.03. The number of carbonyl (C=O) groups is 1. The van der Waals surface area contributed by atoms with Crippen LogP contribution in [0.5, 0.6) is 0 Å². The summed E-state index contributed by atoms with van der Waals surface area (Å²) < 4.78 is 2.03. The molecule has 0 fully saturated rings. The first kappa shape index (κ1) is 13.6. The SMILES string of the molecule is CC(C)CN1C(=O)N=C(N)C1c1cncn1C(C)C. The molecule has 0 bridgehead atoms. The number of carbonyl (C=O) groups excluding carboxylic acids is 1. The van der Waals surface area contributed by atoms with Crippen molar-refractivity contribution < 1.29 is 4.79 Å². The van der Waals surface area contributed by atoms with Gasteiger partial charge >= 0.3 is 6.03 Å². The van der Waals surface area contributed by atoms with Crippen LogP contribution in [-0.2, 0) is 0 Å². The predicted octanol–water partition coefficient (Wildman–Crippen LogP) is 1.95. The number of aliphatic imine (C=N–C) groups is 1. The van der Waals surface area contributed by atoms with Crippen molar-refractivity contribution in [2.75, 3.05) is 6.54 Å². The molecule has 6 nitrogen and oxygen atoms in total. The Morgan fingerprint density at radius 1 is 1.37 bits per heavy atom. The molecule has 2 heterocycles. The Balaban J connectivity index is 2.37. The average Bonchev–Trinajstić information content (AvgIpc) is 2.84. The minimum Gasteiger partial charge on any atom is -0.385 e. The second-order valence-electron chi connectivity index (χ2n) is 5.59. The number of nitrogens with two attached hydrogens (primary N) is 1. The Morgan fingerprint density at radius 2 is 2.05 bits per heavy atom. The summed E-state index contributed by atoms with van der Waals surface area (Å²) in [7, 11) is 0. The highest BCUT2D eigenvalue weighted by Gasteiger charge is 2.36. The third-order valence-corrected chi connectivity index (χ3v) is 3.16. The summed E-state index contributed by atoms with van der Waals surface area (Å²) in [5.74, 6) is 0.719. The molecule has 2 N–H and O–H groups in total. The van der Waals surface area contributed by atoms with E-state index in [-0.39, 0.29) is 18.1 Å². The van der Waals surface area contributed by atoms with Crippen molar-refractivity contribution in [3.05, 3.63) is 18.2 Å². The van der Waals surface area contributed by atoms with Crippen molar-refractivity contribution in [2.45, 2.75) is 39.8 Å². The number of amidine groups is 1. The monoisotopic (exact) mass is 263 g/mol. The first-order valence-electron chi connectivity index (χ1n) is 6.58. The molecular formula is C13H21N5O. The molecule has 1 atom stereocenters. The van der Waals surface area contributed by atoms with Crippen molar-refractivity contribution in [3.63, 3.8) is 0 Å². The number of hydrogen-bond donors (Lipinski definition) is 1. The van der Waals surface area contributed by atoms with Crippen LogP contribution >= 0.6 is 0 Å². The number of aromatic nitrogens is 2. The lowest BCUT2D eigenvalue weighted by atomic mass is 10.1. The van der Waals surface area contributed by atoms with E-state index in [1.807, 2.05) is 4.57 Å². The molecule has 6 heteroatoms. The van der Waals surface area contributed by atoms with E-state index in [9.17, 15) is 4.79 Å². The zero-order valence-corrected chi connectivity index (χ0v) is 11.9. The van der Waals surface area contributed by atoms with Gasteiger partial charge in [-0.05, 0) is 19.8 Å². The molecule has 1 aliphatic heterocycles. The second-order valence-corrected chi connectivity index (χ2v) is 5.59. The van der Waals surface area contributed by atoms with E-state index in [0.29, 0.717) is 18.3 Å². The van der Waals surface area contributed by atoms with Crippen molar-refractivity contribution in [2.24, 2.45) is 16.6 Å². The molecule has 0 radical (unpaired) electrons. The molecule has 104 valence electrons. The van der Waals surface area contributed by atoms with Gasteiger partial charge in [-0.1, -0.05) is 13.8 Å². The van der Waals surface area contributed by atoms with Gasteiger partial charge in [0.25, 0.3) is 0 Å². The maximum absolute atomic E-state index is 11.9. The van der Waals surface area contributed by atoms with Gasteiger partial charge in [-0.15, -0.1) is 0 Å². The summed E-state index contributed by atoms with van der Waals surface area (Å²) in [6.07, 6.45) is 3.53. The number of rotatable bonds is 4. The quantitative estimate of drug-likeness (QED) is 0.902. The summed E-state index contributed by atoms with van der Waals surface area (Å²) in [5, 5.41) is 0. The van der Waals surface area contributed by atoms with Crippen LogP contribution in [0.3, 0.4) is 0 Å². The van der Waals surface area contributed by atoms with Crippen LogP contribution in [0.1, 0.15) is 45.5 Å². The zero-order valence-electron chi connectivity index (χ0n) is 11.9. The fourth-order valence-electron chi connectivity index (χ4n) is 2.35. The van der Waals surface area contributed by atoms with E-state index < -0.39 is 0 Å². The smallest absolute Gasteiger partial charge is 0.346 e. The van der Waals surface area contributed by atoms with E-state index in [2.05, 4.69) is 37.7 Å². The number of urea groups is 1. The van der Waals surface area contributed by atoms with Crippen LogP contribution in [0.15, 0.2) is 17.5 Å². The third kappa shape index (κ3) is 2.47. The Bertz CT molecular complexity index is 503. The normalized spacial score (nSPS) is 19.7. The van der Waals surface area contributed by atoms with Gasteiger partial charge in [0.1, 0.15) is 11.9 Å². The topological polar surface area (TPSA) is 76.5 Å². The number of hydrogen-bond acceptors (Lipinski definition) is 3. The highest BCUT2D eigenvalue weighted by atomic mass is 16.2.